The van der Waals surface area contributed by atoms with Crippen molar-refractivity contribution in [1.29, 1.82) is 0 Å². The Morgan fingerprint density at radius 2 is 2.07 bits per heavy atom. The molecule has 1 heterocycles. The van der Waals surface area contributed by atoms with E-state index in [0.29, 0.717) is 24.1 Å². The van der Waals surface area contributed by atoms with Gasteiger partial charge in [0.05, 0.1) is 12.3 Å². The highest BCUT2D eigenvalue weighted by Crippen LogP contribution is 2.24. The first kappa shape index (κ1) is 10.9. The Morgan fingerprint density at radius 3 is 2.64 bits per heavy atom. The third-order valence-electron chi connectivity index (χ3n) is 2.19. The van der Waals surface area contributed by atoms with Crippen LogP contribution in [0.4, 0.5) is 0 Å². The van der Waals surface area contributed by atoms with E-state index < -0.39 is 0 Å². The molecule has 4 heteroatoms. The topological polar surface area (TPSA) is 73.6 Å². The van der Waals surface area contributed by atoms with Crippen molar-refractivity contribution in [2.45, 2.75) is 26.4 Å². The molecule has 1 rings (SSSR count). The van der Waals surface area contributed by atoms with Crippen LogP contribution in [0.25, 0.3) is 0 Å². The second-order valence-corrected chi connectivity index (χ2v) is 3.18. The highest BCUT2D eigenvalue weighted by atomic mass is 16.3. The van der Waals surface area contributed by atoms with Crippen LogP contribution in [0.5, 0.6) is 5.75 Å². The van der Waals surface area contributed by atoms with Crippen molar-refractivity contribution in [3.8, 4) is 5.75 Å². The summed E-state index contributed by atoms with van der Waals surface area (Å²) in [5.41, 5.74) is 1.83. The second kappa shape index (κ2) is 4.93. The van der Waals surface area contributed by atoms with E-state index in [1.807, 2.05) is 0 Å². The Bertz CT molecular complexity index is 312. The number of aliphatic hydroxyl groups excluding tert-OH is 2. The van der Waals surface area contributed by atoms with Gasteiger partial charge in [-0.15, -0.1) is 0 Å². The number of aliphatic hydroxyl groups is 2. The maximum Gasteiger partial charge on any atom is 0.142 e. The van der Waals surface area contributed by atoms with E-state index in [1.165, 1.54) is 0 Å². The van der Waals surface area contributed by atoms with Crippen molar-refractivity contribution in [2.24, 2.45) is 0 Å². The maximum atomic E-state index is 9.59. The van der Waals surface area contributed by atoms with Gasteiger partial charge >= 0.3 is 0 Å². The van der Waals surface area contributed by atoms with Gasteiger partial charge in [-0.3, -0.25) is 4.98 Å². The third-order valence-corrected chi connectivity index (χ3v) is 2.19. The van der Waals surface area contributed by atoms with Crippen molar-refractivity contribution in [3.05, 3.63) is 23.0 Å². The summed E-state index contributed by atoms with van der Waals surface area (Å²) in [6.07, 6.45) is 2.86. The SMILES string of the molecule is Cc1ncc(CCCO)c(CO)c1O. The highest BCUT2D eigenvalue weighted by molar-refractivity contribution is 5.40. The van der Waals surface area contributed by atoms with E-state index in [2.05, 4.69) is 4.98 Å². The average Bonchev–Trinajstić information content (AvgIpc) is 2.20. The number of hydrogen-bond acceptors (Lipinski definition) is 4. The molecule has 0 spiro atoms. The molecule has 0 amide bonds. The molecule has 0 aromatic carbocycles. The summed E-state index contributed by atoms with van der Waals surface area (Å²) in [5.74, 6) is 0.0583. The first-order chi connectivity index (χ1) is 6.70. The first-order valence-electron chi connectivity index (χ1n) is 4.58. The Labute approximate surface area is 82.9 Å². The smallest absolute Gasteiger partial charge is 0.142 e. The summed E-state index contributed by atoms with van der Waals surface area (Å²) in [6.45, 7) is 1.58. The molecule has 0 saturated heterocycles. The Kier molecular flexibility index (Phi) is 3.85. The van der Waals surface area contributed by atoms with Crippen LogP contribution in [0.3, 0.4) is 0 Å². The molecule has 0 saturated carbocycles. The van der Waals surface area contributed by atoms with E-state index >= 15 is 0 Å². The van der Waals surface area contributed by atoms with Gasteiger partial charge in [0.1, 0.15) is 5.75 Å². The summed E-state index contributed by atoms with van der Waals surface area (Å²) in [6, 6.07) is 0. The molecule has 78 valence electrons. The monoisotopic (exact) mass is 197 g/mol. The number of aryl methyl sites for hydroxylation is 2. The van der Waals surface area contributed by atoms with Gasteiger partial charge in [-0.1, -0.05) is 0 Å². The van der Waals surface area contributed by atoms with Crippen LogP contribution in [0, 0.1) is 6.92 Å². The largest absolute Gasteiger partial charge is 0.506 e. The van der Waals surface area contributed by atoms with Crippen molar-refractivity contribution in [1.82, 2.24) is 4.98 Å². The van der Waals surface area contributed by atoms with Crippen LogP contribution in [0.15, 0.2) is 6.20 Å². The minimum atomic E-state index is -0.198. The standard InChI is InChI=1S/C10H15NO3/c1-7-10(14)9(6-13)8(5-11-7)3-2-4-12/h5,12-14H,2-4,6H2,1H3. The zero-order valence-corrected chi connectivity index (χ0v) is 8.19. The van der Waals surface area contributed by atoms with Crippen LogP contribution < -0.4 is 0 Å². The van der Waals surface area contributed by atoms with Gasteiger partial charge in [-0.25, -0.2) is 0 Å². The van der Waals surface area contributed by atoms with E-state index in [0.717, 1.165) is 5.56 Å². The normalized spacial score (nSPS) is 10.5. The number of hydrogen-bond donors (Lipinski definition) is 3. The lowest BCUT2D eigenvalue weighted by atomic mass is 10.0. The summed E-state index contributed by atoms with van der Waals surface area (Å²) in [5, 5.41) is 27.3. The number of rotatable bonds is 4. The van der Waals surface area contributed by atoms with Gasteiger partial charge in [-0.05, 0) is 25.3 Å². The molecule has 0 atom stereocenters. The number of aromatic hydroxyl groups is 1. The average molecular weight is 197 g/mol. The van der Waals surface area contributed by atoms with E-state index in [-0.39, 0.29) is 19.0 Å². The molecular formula is C10H15NO3. The zero-order chi connectivity index (χ0) is 10.6. The van der Waals surface area contributed by atoms with Crippen LogP contribution in [0.2, 0.25) is 0 Å². The van der Waals surface area contributed by atoms with Gasteiger partial charge in [0, 0.05) is 18.4 Å². The number of aromatic nitrogens is 1. The maximum absolute atomic E-state index is 9.59. The fourth-order valence-corrected chi connectivity index (χ4v) is 1.35. The predicted octanol–water partition coefficient (Wildman–Crippen LogP) is 0.513. The van der Waals surface area contributed by atoms with Gasteiger partial charge in [-0.2, -0.15) is 0 Å². The lowest BCUT2D eigenvalue weighted by Gasteiger charge is -2.09. The van der Waals surface area contributed by atoms with Crippen molar-refractivity contribution in [3.63, 3.8) is 0 Å². The summed E-state index contributed by atoms with van der Waals surface area (Å²) in [4.78, 5) is 4.00. The molecule has 1 aromatic heterocycles. The van der Waals surface area contributed by atoms with Gasteiger partial charge in [0.25, 0.3) is 0 Å². The third kappa shape index (κ3) is 2.21. The summed E-state index contributed by atoms with van der Waals surface area (Å²) >= 11 is 0. The van der Waals surface area contributed by atoms with Gasteiger partial charge in [0.2, 0.25) is 0 Å². The summed E-state index contributed by atoms with van der Waals surface area (Å²) in [7, 11) is 0. The molecule has 4 nitrogen and oxygen atoms in total. The van der Waals surface area contributed by atoms with E-state index in [1.54, 1.807) is 13.1 Å². The van der Waals surface area contributed by atoms with Crippen molar-refractivity contribution < 1.29 is 15.3 Å². The molecule has 3 N–H and O–H groups in total. The van der Waals surface area contributed by atoms with Crippen molar-refractivity contribution >= 4 is 0 Å². The van der Waals surface area contributed by atoms with Gasteiger partial charge in [0.15, 0.2) is 0 Å². The molecule has 1 aromatic rings. The molecule has 14 heavy (non-hydrogen) atoms. The second-order valence-electron chi connectivity index (χ2n) is 3.18. The predicted molar refractivity (Wildman–Crippen MR) is 52.0 cm³/mol. The van der Waals surface area contributed by atoms with E-state index in [4.69, 9.17) is 10.2 Å². The molecule has 0 aliphatic carbocycles. The van der Waals surface area contributed by atoms with Crippen LogP contribution in [-0.4, -0.2) is 26.9 Å². The lowest BCUT2D eigenvalue weighted by Crippen LogP contribution is -2.00. The van der Waals surface area contributed by atoms with Gasteiger partial charge < -0.3 is 15.3 Å². The molecule has 0 fully saturated rings. The molecule has 0 aliphatic rings. The minimum Gasteiger partial charge on any atom is -0.506 e. The molecule has 0 bridgehead atoms. The number of pyridine rings is 1. The molecule has 0 unspecified atom stereocenters. The molecule has 0 radical (unpaired) electrons. The van der Waals surface area contributed by atoms with Crippen molar-refractivity contribution in [2.75, 3.05) is 6.61 Å². The molecule has 0 aliphatic heterocycles. The van der Waals surface area contributed by atoms with E-state index in [9.17, 15) is 5.11 Å². The quantitative estimate of drug-likeness (QED) is 0.657. The fourth-order valence-electron chi connectivity index (χ4n) is 1.35. The van der Waals surface area contributed by atoms with Crippen LogP contribution >= 0.6 is 0 Å². The first-order valence-corrected chi connectivity index (χ1v) is 4.58. The Balaban J connectivity index is 2.98. The summed E-state index contributed by atoms with van der Waals surface area (Å²) < 4.78 is 0. The highest BCUT2D eigenvalue weighted by Gasteiger charge is 2.09. The zero-order valence-electron chi connectivity index (χ0n) is 8.19. The van der Waals surface area contributed by atoms with Crippen LogP contribution in [0.1, 0.15) is 23.2 Å². The molecular weight excluding hydrogens is 182 g/mol. The Hall–Kier alpha value is -1.13. The Morgan fingerprint density at radius 1 is 1.36 bits per heavy atom. The minimum absolute atomic E-state index is 0.0583. The number of nitrogens with zero attached hydrogens (tertiary/aromatic N) is 1. The fraction of sp³-hybridized carbons (Fsp3) is 0.500. The lowest BCUT2D eigenvalue weighted by molar-refractivity contribution is 0.270. The van der Waals surface area contributed by atoms with Crippen LogP contribution in [-0.2, 0) is 13.0 Å².